The van der Waals surface area contributed by atoms with E-state index in [0.29, 0.717) is 25.9 Å². The molecule has 35 heavy (non-hydrogen) atoms. The summed E-state index contributed by atoms with van der Waals surface area (Å²) in [6.45, 7) is 5.06. The molecule has 0 heterocycles. The van der Waals surface area contributed by atoms with Crippen LogP contribution in [0.3, 0.4) is 0 Å². The lowest BCUT2D eigenvalue weighted by Gasteiger charge is -2.27. The van der Waals surface area contributed by atoms with Crippen molar-refractivity contribution >= 4 is 11.9 Å². The summed E-state index contributed by atoms with van der Waals surface area (Å²) in [5.41, 5.74) is 1.04. The number of carboxylic acids is 2. The Kier molecular flexibility index (Phi) is 18.1. The number of carbonyl (C=O) groups is 2. The molecule has 0 radical (unpaired) electrons. The van der Waals surface area contributed by atoms with Crippen LogP contribution in [0.4, 0.5) is 0 Å². The van der Waals surface area contributed by atoms with Gasteiger partial charge in [0.1, 0.15) is 0 Å². The Balaban J connectivity index is 2.74. The molecule has 0 aliphatic carbocycles. The largest absolute Gasteiger partial charge is 0.481 e. The number of carboxylic acid groups (broad SMARTS) is 2. The van der Waals surface area contributed by atoms with Crippen LogP contribution in [0.2, 0.25) is 0 Å². The number of ether oxygens (including phenoxy) is 1. The van der Waals surface area contributed by atoms with Crippen LogP contribution in [0.5, 0.6) is 0 Å². The van der Waals surface area contributed by atoms with E-state index >= 15 is 0 Å². The predicted molar refractivity (Wildman–Crippen MR) is 142 cm³/mol. The molecule has 2 N–H and O–H groups in total. The molecule has 200 valence electrons. The van der Waals surface area contributed by atoms with Gasteiger partial charge < -0.3 is 14.9 Å². The van der Waals surface area contributed by atoms with Gasteiger partial charge in [-0.15, -0.1) is 0 Å². The Hall–Kier alpha value is -1.88. The second-order valence-electron chi connectivity index (χ2n) is 10.1. The van der Waals surface area contributed by atoms with E-state index in [9.17, 15) is 19.8 Å². The maximum Gasteiger partial charge on any atom is 0.306 e. The van der Waals surface area contributed by atoms with Crippen molar-refractivity contribution < 1.29 is 24.5 Å². The van der Waals surface area contributed by atoms with Gasteiger partial charge in [-0.1, -0.05) is 121 Å². The third-order valence-electron chi connectivity index (χ3n) is 7.04. The molecule has 5 heteroatoms. The fourth-order valence-electron chi connectivity index (χ4n) is 4.83. The SMILES string of the molecule is CCCCCCCCC(C[C@H](COCc1ccccc1)C(CCCCCCCC)C(=O)O)C(=O)O. The lowest BCUT2D eigenvalue weighted by molar-refractivity contribution is -0.149. The van der Waals surface area contributed by atoms with E-state index in [1.807, 2.05) is 30.3 Å². The van der Waals surface area contributed by atoms with E-state index in [1.54, 1.807) is 0 Å². The zero-order valence-corrected chi connectivity index (χ0v) is 22.3. The quantitative estimate of drug-likeness (QED) is 0.151. The van der Waals surface area contributed by atoms with Crippen LogP contribution in [0.1, 0.15) is 116 Å². The highest BCUT2D eigenvalue weighted by atomic mass is 16.5. The number of aliphatic carboxylic acids is 2. The molecule has 5 nitrogen and oxygen atoms in total. The first-order valence-corrected chi connectivity index (χ1v) is 14.1. The van der Waals surface area contributed by atoms with Crippen LogP contribution in [0.15, 0.2) is 30.3 Å². The van der Waals surface area contributed by atoms with Crippen LogP contribution >= 0.6 is 0 Å². The molecule has 0 saturated heterocycles. The highest BCUT2D eigenvalue weighted by Gasteiger charge is 2.32. The van der Waals surface area contributed by atoms with Crippen LogP contribution in [-0.2, 0) is 20.9 Å². The monoisotopic (exact) mass is 490 g/mol. The topological polar surface area (TPSA) is 83.8 Å². The Morgan fingerprint density at radius 1 is 0.743 bits per heavy atom. The molecule has 2 unspecified atom stereocenters. The number of rotatable bonds is 23. The fourth-order valence-corrected chi connectivity index (χ4v) is 4.83. The van der Waals surface area contributed by atoms with E-state index in [0.717, 1.165) is 44.1 Å². The van der Waals surface area contributed by atoms with Crippen LogP contribution < -0.4 is 0 Å². The molecule has 0 aliphatic heterocycles. The molecule has 1 aromatic carbocycles. The van der Waals surface area contributed by atoms with E-state index in [2.05, 4.69) is 13.8 Å². The summed E-state index contributed by atoms with van der Waals surface area (Å²) in [7, 11) is 0. The van der Waals surface area contributed by atoms with Gasteiger partial charge in [-0.3, -0.25) is 9.59 Å². The minimum atomic E-state index is -0.824. The van der Waals surface area contributed by atoms with E-state index in [1.165, 1.54) is 38.5 Å². The first-order valence-electron chi connectivity index (χ1n) is 14.1. The second kappa shape index (κ2) is 20.3. The van der Waals surface area contributed by atoms with Gasteiger partial charge in [0.2, 0.25) is 0 Å². The van der Waals surface area contributed by atoms with Gasteiger partial charge in [0, 0.05) is 0 Å². The van der Waals surface area contributed by atoms with Crippen molar-refractivity contribution in [3.63, 3.8) is 0 Å². The first-order chi connectivity index (χ1) is 17.0. The Morgan fingerprint density at radius 2 is 1.29 bits per heavy atom. The van der Waals surface area contributed by atoms with Gasteiger partial charge in [-0.25, -0.2) is 0 Å². The van der Waals surface area contributed by atoms with Crippen molar-refractivity contribution in [1.29, 1.82) is 0 Å². The molecule has 0 aliphatic rings. The number of unbranched alkanes of at least 4 members (excludes halogenated alkanes) is 10. The Labute approximate surface area is 213 Å². The van der Waals surface area contributed by atoms with Crippen molar-refractivity contribution in [1.82, 2.24) is 0 Å². The summed E-state index contributed by atoms with van der Waals surface area (Å²) in [6.07, 6.45) is 14.9. The molecule has 0 fully saturated rings. The Bertz CT molecular complexity index is 660. The van der Waals surface area contributed by atoms with Crippen molar-refractivity contribution in [2.75, 3.05) is 6.61 Å². The van der Waals surface area contributed by atoms with Gasteiger partial charge in [0.05, 0.1) is 25.0 Å². The van der Waals surface area contributed by atoms with E-state index in [-0.39, 0.29) is 12.5 Å². The summed E-state index contributed by atoms with van der Waals surface area (Å²) in [4.78, 5) is 24.3. The van der Waals surface area contributed by atoms with Crippen molar-refractivity contribution in [3.05, 3.63) is 35.9 Å². The minimum absolute atomic E-state index is 0.280. The van der Waals surface area contributed by atoms with Crippen LogP contribution in [-0.4, -0.2) is 28.8 Å². The molecule has 0 aromatic heterocycles. The summed E-state index contributed by atoms with van der Waals surface area (Å²) in [5.74, 6) is -3.01. The molecule has 0 saturated carbocycles. The average molecular weight is 491 g/mol. The standard InChI is InChI=1S/C30H50O5/c1-3-5-7-9-11-16-20-26(29(31)32)22-27(24-35-23-25-18-14-13-15-19-25)28(30(33)34)21-17-12-10-8-6-4-2/h13-15,18-19,26-28H,3-12,16-17,20-24H2,1-2H3,(H,31,32)(H,33,34)/t26?,27-,28?/m1/s1. The summed E-state index contributed by atoms with van der Waals surface area (Å²) < 4.78 is 5.97. The number of hydrogen-bond acceptors (Lipinski definition) is 3. The number of benzene rings is 1. The highest BCUT2D eigenvalue weighted by molar-refractivity contribution is 5.71. The van der Waals surface area contributed by atoms with Crippen LogP contribution in [0, 0.1) is 17.8 Å². The van der Waals surface area contributed by atoms with Gasteiger partial charge in [-0.2, -0.15) is 0 Å². The molecule has 3 atom stereocenters. The molecule has 0 spiro atoms. The van der Waals surface area contributed by atoms with Gasteiger partial charge >= 0.3 is 11.9 Å². The zero-order valence-electron chi connectivity index (χ0n) is 22.3. The highest BCUT2D eigenvalue weighted by Crippen LogP contribution is 2.30. The van der Waals surface area contributed by atoms with E-state index in [4.69, 9.17) is 4.74 Å². The van der Waals surface area contributed by atoms with Crippen molar-refractivity contribution in [3.8, 4) is 0 Å². The van der Waals surface area contributed by atoms with Gasteiger partial charge in [0.25, 0.3) is 0 Å². The molecule has 1 rings (SSSR count). The lowest BCUT2D eigenvalue weighted by Crippen LogP contribution is -2.31. The normalized spacial score (nSPS) is 13.9. The maximum absolute atomic E-state index is 12.2. The Morgan fingerprint density at radius 3 is 1.83 bits per heavy atom. The molecule has 0 amide bonds. The van der Waals surface area contributed by atoms with Gasteiger partial charge in [0.15, 0.2) is 0 Å². The van der Waals surface area contributed by atoms with Gasteiger partial charge in [-0.05, 0) is 30.7 Å². The number of hydrogen-bond donors (Lipinski definition) is 2. The zero-order chi connectivity index (χ0) is 25.7. The molecular formula is C30H50O5. The molecule has 1 aromatic rings. The van der Waals surface area contributed by atoms with Crippen LogP contribution in [0.25, 0.3) is 0 Å². The average Bonchev–Trinajstić information content (AvgIpc) is 2.84. The fraction of sp³-hybridized carbons (Fsp3) is 0.733. The van der Waals surface area contributed by atoms with Crippen molar-refractivity contribution in [2.24, 2.45) is 17.8 Å². The first kappa shape index (κ1) is 31.2. The predicted octanol–water partition coefficient (Wildman–Crippen LogP) is 8.11. The van der Waals surface area contributed by atoms with E-state index < -0.39 is 23.8 Å². The van der Waals surface area contributed by atoms with Crippen molar-refractivity contribution in [2.45, 2.75) is 117 Å². The maximum atomic E-state index is 12.2. The minimum Gasteiger partial charge on any atom is -0.481 e. The molecule has 0 bridgehead atoms. The summed E-state index contributed by atoms with van der Waals surface area (Å²) in [5, 5.41) is 19.9. The summed E-state index contributed by atoms with van der Waals surface area (Å²) in [6, 6.07) is 9.83. The third kappa shape index (κ3) is 15.0. The second-order valence-corrected chi connectivity index (χ2v) is 10.1. The molecular weight excluding hydrogens is 440 g/mol. The smallest absolute Gasteiger partial charge is 0.306 e. The lowest BCUT2D eigenvalue weighted by atomic mass is 9.80. The third-order valence-corrected chi connectivity index (χ3v) is 7.04. The summed E-state index contributed by atoms with van der Waals surface area (Å²) >= 11 is 0.